The van der Waals surface area contributed by atoms with Crippen molar-refractivity contribution in [1.82, 2.24) is 10.0 Å². The maximum atomic E-state index is 12.1. The minimum atomic E-state index is -3.81. The Hall–Kier alpha value is -1.56. The normalized spacial score (nSPS) is 17.3. The quantitative estimate of drug-likeness (QED) is 0.897. The van der Waals surface area contributed by atoms with Gasteiger partial charge in [0.05, 0.1) is 4.90 Å². The van der Waals surface area contributed by atoms with E-state index in [2.05, 4.69) is 10.0 Å². The zero-order valence-corrected chi connectivity index (χ0v) is 13.8. The summed E-state index contributed by atoms with van der Waals surface area (Å²) < 4.78 is 26.4. The highest BCUT2D eigenvalue weighted by molar-refractivity contribution is 7.90. The van der Waals surface area contributed by atoms with Gasteiger partial charge in [-0.05, 0) is 31.9 Å². The number of rotatable bonds is 3. The molecule has 1 saturated carbocycles. The number of nitrogens with one attached hydrogen (secondary N) is 2. The number of amides is 2. The Morgan fingerprint density at radius 1 is 1.00 bits per heavy atom. The molecule has 1 fully saturated rings. The molecule has 0 saturated heterocycles. The van der Waals surface area contributed by atoms with Crippen molar-refractivity contribution in [3.05, 3.63) is 29.8 Å². The van der Waals surface area contributed by atoms with E-state index in [1.807, 2.05) is 6.92 Å². The maximum Gasteiger partial charge on any atom is 0.328 e. The van der Waals surface area contributed by atoms with Crippen molar-refractivity contribution in [2.24, 2.45) is 0 Å². The molecular weight excluding hydrogens is 300 g/mol. The van der Waals surface area contributed by atoms with E-state index >= 15 is 0 Å². The van der Waals surface area contributed by atoms with Crippen LogP contribution in [0.3, 0.4) is 0 Å². The minimum Gasteiger partial charge on any atom is -0.335 e. The summed E-state index contributed by atoms with van der Waals surface area (Å²) in [6.45, 7) is 1.88. The van der Waals surface area contributed by atoms with E-state index in [9.17, 15) is 13.2 Å². The molecule has 0 bridgehead atoms. The van der Waals surface area contributed by atoms with Crippen LogP contribution >= 0.6 is 0 Å². The summed E-state index contributed by atoms with van der Waals surface area (Å²) in [6, 6.07) is 5.85. The molecular formula is C16H24N2O3S. The number of urea groups is 1. The van der Waals surface area contributed by atoms with Gasteiger partial charge in [0, 0.05) is 6.04 Å². The van der Waals surface area contributed by atoms with Crippen LogP contribution in [0.25, 0.3) is 0 Å². The fourth-order valence-electron chi connectivity index (χ4n) is 2.71. The Labute approximate surface area is 132 Å². The van der Waals surface area contributed by atoms with E-state index in [0.29, 0.717) is 0 Å². The average Bonchev–Trinajstić information content (AvgIpc) is 2.41. The van der Waals surface area contributed by atoms with Crippen molar-refractivity contribution in [3.63, 3.8) is 0 Å². The van der Waals surface area contributed by atoms with Crippen molar-refractivity contribution < 1.29 is 13.2 Å². The molecule has 6 heteroatoms. The van der Waals surface area contributed by atoms with E-state index in [0.717, 1.165) is 31.2 Å². The molecule has 0 spiro atoms. The largest absolute Gasteiger partial charge is 0.335 e. The van der Waals surface area contributed by atoms with Crippen LogP contribution < -0.4 is 10.0 Å². The van der Waals surface area contributed by atoms with Gasteiger partial charge in [-0.1, -0.05) is 49.8 Å². The van der Waals surface area contributed by atoms with E-state index in [1.54, 1.807) is 12.1 Å². The molecule has 0 unspecified atom stereocenters. The van der Waals surface area contributed by atoms with Gasteiger partial charge in [-0.15, -0.1) is 0 Å². The number of carbonyl (C=O) groups is 1. The van der Waals surface area contributed by atoms with Crippen LogP contribution in [0.1, 0.15) is 50.5 Å². The van der Waals surface area contributed by atoms with Crippen molar-refractivity contribution >= 4 is 16.1 Å². The summed E-state index contributed by atoms with van der Waals surface area (Å²) in [5.74, 6) is 0. The van der Waals surface area contributed by atoms with Crippen LogP contribution in [0.4, 0.5) is 4.79 Å². The van der Waals surface area contributed by atoms with Crippen LogP contribution in [0.5, 0.6) is 0 Å². The van der Waals surface area contributed by atoms with Crippen molar-refractivity contribution in [2.75, 3.05) is 0 Å². The number of carbonyl (C=O) groups excluding carboxylic acids is 1. The molecule has 5 nitrogen and oxygen atoms in total. The van der Waals surface area contributed by atoms with Gasteiger partial charge in [0.1, 0.15) is 0 Å². The molecule has 2 rings (SSSR count). The summed E-state index contributed by atoms with van der Waals surface area (Å²) in [6.07, 6.45) is 7.60. The third kappa shape index (κ3) is 5.02. The van der Waals surface area contributed by atoms with E-state index < -0.39 is 16.1 Å². The lowest BCUT2D eigenvalue weighted by Gasteiger charge is -2.21. The predicted molar refractivity (Wildman–Crippen MR) is 86.1 cm³/mol. The number of hydrogen-bond donors (Lipinski definition) is 2. The van der Waals surface area contributed by atoms with Crippen molar-refractivity contribution in [1.29, 1.82) is 0 Å². The summed E-state index contributed by atoms with van der Waals surface area (Å²) in [5, 5.41) is 2.79. The Morgan fingerprint density at radius 2 is 1.55 bits per heavy atom. The minimum absolute atomic E-state index is 0.0634. The van der Waals surface area contributed by atoms with Gasteiger partial charge in [0.2, 0.25) is 0 Å². The molecule has 122 valence electrons. The molecule has 0 aliphatic heterocycles. The van der Waals surface area contributed by atoms with Gasteiger partial charge < -0.3 is 5.32 Å². The summed E-state index contributed by atoms with van der Waals surface area (Å²) in [4.78, 5) is 12.1. The zero-order valence-electron chi connectivity index (χ0n) is 13.0. The Morgan fingerprint density at radius 3 is 2.14 bits per heavy atom. The highest BCUT2D eigenvalue weighted by Gasteiger charge is 2.20. The van der Waals surface area contributed by atoms with E-state index in [-0.39, 0.29) is 10.9 Å². The first kappa shape index (κ1) is 16.8. The van der Waals surface area contributed by atoms with Crippen molar-refractivity contribution in [3.8, 4) is 0 Å². The molecule has 1 aliphatic carbocycles. The van der Waals surface area contributed by atoms with Gasteiger partial charge >= 0.3 is 6.03 Å². The van der Waals surface area contributed by atoms with E-state index in [1.165, 1.54) is 31.4 Å². The monoisotopic (exact) mass is 324 g/mol. The first-order valence-electron chi connectivity index (χ1n) is 7.87. The van der Waals surface area contributed by atoms with Crippen LogP contribution in [-0.2, 0) is 10.0 Å². The van der Waals surface area contributed by atoms with Gasteiger partial charge in [-0.3, -0.25) is 0 Å². The summed E-state index contributed by atoms with van der Waals surface area (Å²) in [7, 11) is -3.81. The summed E-state index contributed by atoms with van der Waals surface area (Å²) >= 11 is 0. The summed E-state index contributed by atoms with van der Waals surface area (Å²) in [5.41, 5.74) is 0.970. The highest BCUT2D eigenvalue weighted by Crippen LogP contribution is 2.17. The zero-order chi connectivity index (χ0) is 16.0. The lowest BCUT2D eigenvalue weighted by molar-refractivity contribution is 0.239. The number of aryl methyl sites for hydroxylation is 1. The molecule has 0 radical (unpaired) electrons. The number of benzene rings is 1. The Kier molecular flexibility index (Phi) is 5.83. The molecule has 0 heterocycles. The SMILES string of the molecule is Cc1ccc(S(=O)(=O)NC(=O)NC2CCCCCCC2)cc1. The topological polar surface area (TPSA) is 75.3 Å². The predicted octanol–water partition coefficient (Wildman–Crippen LogP) is 3.10. The third-order valence-corrected chi connectivity index (χ3v) is 5.35. The average molecular weight is 324 g/mol. The molecule has 0 aromatic heterocycles. The molecule has 0 atom stereocenters. The highest BCUT2D eigenvalue weighted by atomic mass is 32.2. The number of hydrogen-bond acceptors (Lipinski definition) is 3. The molecule has 1 aromatic carbocycles. The maximum absolute atomic E-state index is 12.1. The second kappa shape index (κ2) is 7.63. The smallest absolute Gasteiger partial charge is 0.328 e. The fraction of sp³-hybridized carbons (Fsp3) is 0.562. The third-order valence-electron chi connectivity index (χ3n) is 4.00. The Balaban J connectivity index is 1.93. The van der Waals surface area contributed by atoms with E-state index in [4.69, 9.17) is 0 Å². The molecule has 2 amide bonds. The lowest BCUT2D eigenvalue weighted by atomic mass is 9.97. The van der Waals surface area contributed by atoms with Gasteiger partial charge in [0.15, 0.2) is 0 Å². The van der Waals surface area contributed by atoms with Crippen molar-refractivity contribution in [2.45, 2.75) is 62.8 Å². The first-order chi connectivity index (χ1) is 10.5. The van der Waals surface area contributed by atoms with Gasteiger partial charge in [0.25, 0.3) is 10.0 Å². The lowest BCUT2D eigenvalue weighted by Crippen LogP contribution is -2.44. The van der Waals surface area contributed by atoms with Gasteiger partial charge in [-0.2, -0.15) is 0 Å². The second-order valence-corrected chi connectivity index (χ2v) is 7.62. The van der Waals surface area contributed by atoms with Crippen LogP contribution in [0.15, 0.2) is 29.2 Å². The molecule has 1 aliphatic rings. The standard InChI is InChI=1S/C16H24N2O3S/c1-13-9-11-15(12-10-13)22(20,21)18-16(19)17-14-7-5-3-2-4-6-8-14/h9-12,14H,2-8H2,1H3,(H2,17,18,19). The van der Waals surface area contributed by atoms with Crippen LogP contribution in [0.2, 0.25) is 0 Å². The Bertz CT molecular complexity index is 588. The second-order valence-electron chi connectivity index (χ2n) is 5.93. The molecule has 1 aromatic rings. The first-order valence-corrected chi connectivity index (χ1v) is 9.36. The fourth-order valence-corrected chi connectivity index (χ4v) is 3.63. The molecule has 2 N–H and O–H groups in total. The van der Waals surface area contributed by atoms with Gasteiger partial charge in [-0.25, -0.2) is 17.9 Å². The van der Waals surface area contributed by atoms with Crippen LogP contribution in [0, 0.1) is 6.92 Å². The number of sulfonamides is 1. The molecule has 22 heavy (non-hydrogen) atoms. The van der Waals surface area contributed by atoms with Crippen LogP contribution in [-0.4, -0.2) is 20.5 Å².